The lowest BCUT2D eigenvalue weighted by Gasteiger charge is -2.06. The van der Waals surface area contributed by atoms with E-state index in [2.05, 4.69) is 31.4 Å². The molecule has 0 radical (unpaired) electrons. The molecule has 1 aromatic carbocycles. The molecule has 0 spiro atoms. The third-order valence-electron chi connectivity index (χ3n) is 2.39. The van der Waals surface area contributed by atoms with Crippen LogP contribution in [0.2, 0.25) is 0 Å². The predicted octanol–water partition coefficient (Wildman–Crippen LogP) is 2.08. The molecule has 0 saturated carbocycles. The zero-order valence-corrected chi connectivity index (χ0v) is 12.0. The summed E-state index contributed by atoms with van der Waals surface area (Å²) >= 11 is 3.33. The number of amides is 1. The topological polar surface area (TPSA) is 77.2 Å². The third kappa shape index (κ3) is 3.31. The number of halogens is 1. The molecule has 2 rings (SSSR count). The van der Waals surface area contributed by atoms with E-state index in [4.69, 9.17) is 9.26 Å². The van der Waals surface area contributed by atoms with Crippen molar-refractivity contribution < 1.29 is 14.1 Å². The Hall–Kier alpha value is -1.89. The highest BCUT2D eigenvalue weighted by Crippen LogP contribution is 2.25. The molecule has 0 unspecified atom stereocenters. The Balaban J connectivity index is 2.01. The lowest BCUT2D eigenvalue weighted by atomic mass is 10.2. The van der Waals surface area contributed by atoms with Gasteiger partial charge in [0.05, 0.1) is 18.1 Å². The molecule has 0 aliphatic heterocycles. The van der Waals surface area contributed by atoms with Crippen molar-refractivity contribution in [2.75, 3.05) is 7.11 Å². The van der Waals surface area contributed by atoms with Crippen molar-refractivity contribution in [2.45, 2.75) is 13.5 Å². The number of carbonyl (C=O) groups excluding carboxylic acids is 1. The van der Waals surface area contributed by atoms with Crippen LogP contribution >= 0.6 is 15.9 Å². The average molecular weight is 326 g/mol. The normalized spacial score (nSPS) is 10.3. The molecule has 0 aliphatic rings. The fourth-order valence-electron chi connectivity index (χ4n) is 1.48. The Morgan fingerprint density at radius 2 is 2.32 bits per heavy atom. The Kier molecular flexibility index (Phi) is 4.16. The second-order valence-corrected chi connectivity index (χ2v) is 4.62. The molecule has 19 heavy (non-hydrogen) atoms. The van der Waals surface area contributed by atoms with Gasteiger partial charge in [0.15, 0.2) is 5.82 Å². The van der Waals surface area contributed by atoms with Crippen LogP contribution in [0.1, 0.15) is 22.1 Å². The first-order chi connectivity index (χ1) is 9.10. The summed E-state index contributed by atoms with van der Waals surface area (Å²) in [4.78, 5) is 15.9. The summed E-state index contributed by atoms with van der Waals surface area (Å²) in [6, 6.07) is 5.09. The molecule has 0 fully saturated rings. The fraction of sp³-hybridized carbons (Fsp3) is 0.250. The van der Waals surface area contributed by atoms with Gasteiger partial charge < -0.3 is 14.6 Å². The molecule has 1 amide bonds. The summed E-state index contributed by atoms with van der Waals surface area (Å²) in [6.45, 7) is 1.92. The van der Waals surface area contributed by atoms with Crippen molar-refractivity contribution in [3.8, 4) is 5.75 Å². The van der Waals surface area contributed by atoms with Crippen molar-refractivity contribution in [3.05, 3.63) is 40.0 Å². The highest BCUT2D eigenvalue weighted by atomic mass is 79.9. The van der Waals surface area contributed by atoms with Gasteiger partial charge in [-0.25, -0.2) is 0 Å². The molecule has 0 bridgehead atoms. The van der Waals surface area contributed by atoms with Crippen molar-refractivity contribution in [1.29, 1.82) is 0 Å². The van der Waals surface area contributed by atoms with Crippen molar-refractivity contribution >= 4 is 21.8 Å². The van der Waals surface area contributed by atoms with Crippen LogP contribution in [0.5, 0.6) is 5.75 Å². The summed E-state index contributed by atoms with van der Waals surface area (Å²) in [5.74, 6) is 1.37. The molecule has 100 valence electrons. The van der Waals surface area contributed by atoms with Crippen LogP contribution in [0.25, 0.3) is 0 Å². The van der Waals surface area contributed by atoms with Crippen molar-refractivity contribution in [2.24, 2.45) is 0 Å². The molecule has 0 atom stereocenters. The second-order valence-electron chi connectivity index (χ2n) is 3.76. The molecule has 6 nitrogen and oxygen atoms in total. The number of rotatable bonds is 4. The Labute approximate surface area is 118 Å². The maximum Gasteiger partial charge on any atom is 0.251 e. The number of benzene rings is 1. The average Bonchev–Trinajstić information content (AvgIpc) is 2.81. The van der Waals surface area contributed by atoms with E-state index in [1.54, 1.807) is 32.2 Å². The summed E-state index contributed by atoms with van der Waals surface area (Å²) in [6.07, 6.45) is 0. The molecule has 1 heterocycles. The van der Waals surface area contributed by atoms with E-state index < -0.39 is 0 Å². The van der Waals surface area contributed by atoms with Gasteiger partial charge in [-0.15, -0.1) is 0 Å². The largest absolute Gasteiger partial charge is 0.496 e. The summed E-state index contributed by atoms with van der Waals surface area (Å²) in [7, 11) is 1.57. The molecular weight excluding hydrogens is 314 g/mol. The first kappa shape index (κ1) is 13.5. The minimum atomic E-state index is -0.217. The number of carbonyl (C=O) groups is 1. The molecule has 7 heteroatoms. The standard InChI is InChI=1S/C12H12BrN3O3/c1-7-15-11(16-19-7)6-14-12(17)8-3-4-10(18-2)9(13)5-8/h3-5H,6H2,1-2H3,(H,14,17). The van der Waals surface area contributed by atoms with Crippen LogP contribution in [-0.4, -0.2) is 23.2 Å². The minimum absolute atomic E-state index is 0.217. The van der Waals surface area contributed by atoms with E-state index in [1.165, 1.54) is 0 Å². The van der Waals surface area contributed by atoms with E-state index >= 15 is 0 Å². The zero-order chi connectivity index (χ0) is 13.8. The quantitative estimate of drug-likeness (QED) is 0.931. The van der Waals surface area contributed by atoms with E-state index in [-0.39, 0.29) is 12.5 Å². The second kappa shape index (κ2) is 5.83. The van der Waals surface area contributed by atoms with Gasteiger partial charge in [-0.3, -0.25) is 4.79 Å². The first-order valence-electron chi connectivity index (χ1n) is 5.51. The Morgan fingerprint density at radius 3 is 2.89 bits per heavy atom. The maximum atomic E-state index is 11.9. The van der Waals surface area contributed by atoms with Crippen LogP contribution in [0.15, 0.2) is 27.2 Å². The molecular formula is C12H12BrN3O3. The maximum absolute atomic E-state index is 11.9. The Bertz CT molecular complexity index is 598. The smallest absolute Gasteiger partial charge is 0.251 e. The van der Waals surface area contributed by atoms with Gasteiger partial charge >= 0.3 is 0 Å². The highest BCUT2D eigenvalue weighted by molar-refractivity contribution is 9.10. The molecule has 1 N–H and O–H groups in total. The van der Waals surface area contributed by atoms with Gasteiger partial charge in [0.1, 0.15) is 5.75 Å². The number of nitrogens with one attached hydrogen (secondary N) is 1. The number of ether oxygens (including phenoxy) is 1. The van der Waals surface area contributed by atoms with Crippen molar-refractivity contribution in [1.82, 2.24) is 15.5 Å². The van der Waals surface area contributed by atoms with Gasteiger partial charge in [-0.1, -0.05) is 5.16 Å². The van der Waals surface area contributed by atoms with Crippen LogP contribution in [-0.2, 0) is 6.54 Å². The van der Waals surface area contributed by atoms with E-state index in [1.807, 2.05) is 0 Å². The summed E-state index contributed by atoms with van der Waals surface area (Å²) in [5, 5.41) is 6.40. The van der Waals surface area contributed by atoms with E-state index in [0.29, 0.717) is 23.0 Å². The molecule has 1 aromatic heterocycles. The van der Waals surface area contributed by atoms with Crippen LogP contribution < -0.4 is 10.1 Å². The number of aromatic nitrogens is 2. The SMILES string of the molecule is COc1ccc(C(=O)NCc2noc(C)n2)cc1Br. The highest BCUT2D eigenvalue weighted by Gasteiger charge is 2.10. The van der Waals surface area contributed by atoms with Gasteiger partial charge in [0.2, 0.25) is 5.89 Å². The molecule has 0 saturated heterocycles. The van der Waals surface area contributed by atoms with Crippen LogP contribution in [0.3, 0.4) is 0 Å². The summed E-state index contributed by atoms with van der Waals surface area (Å²) in [5.41, 5.74) is 0.521. The number of methoxy groups -OCH3 is 1. The summed E-state index contributed by atoms with van der Waals surface area (Å²) < 4.78 is 10.6. The predicted molar refractivity (Wildman–Crippen MR) is 70.9 cm³/mol. The van der Waals surface area contributed by atoms with E-state index in [0.717, 1.165) is 4.47 Å². The molecule has 2 aromatic rings. The lowest BCUT2D eigenvalue weighted by molar-refractivity contribution is 0.0949. The lowest BCUT2D eigenvalue weighted by Crippen LogP contribution is -2.23. The van der Waals surface area contributed by atoms with Crippen molar-refractivity contribution in [3.63, 3.8) is 0 Å². The number of hydrogen-bond donors (Lipinski definition) is 1. The van der Waals surface area contributed by atoms with Crippen LogP contribution in [0.4, 0.5) is 0 Å². The number of nitrogens with zero attached hydrogens (tertiary/aromatic N) is 2. The van der Waals surface area contributed by atoms with Gasteiger partial charge in [-0.2, -0.15) is 4.98 Å². The van der Waals surface area contributed by atoms with Crippen LogP contribution in [0, 0.1) is 6.92 Å². The number of aryl methyl sites for hydroxylation is 1. The zero-order valence-electron chi connectivity index (χ0n) is 10.4. The Morgan fingerprint density at radius 1 is 1.53 bits per heavy atom. The van der Waals surface area contributed by atoms with Gasteiger partial charge in [0.25, 0.3) is 5.91 Å². The van der Waals surface area contributed by atoms with Gasteiger partial charge in [0, 0.05) is 12.5 Å². The number of hydrogen-bond acceptors (Lipinski definition) is 5. The van der Waals surface area contributed by atoms with Gasteiger partial charge in [-0.05, 0) is 34.1 Å². The van der Waals surface area contributed by atoms with E-state index in [9.17, 15) is 4.79 Å². The third-order valence-corrected chi connectivity index (χ3v) is 3.01. The monoisotopic (exact) mass is 325 g/mol. The first-order valence-corrected chi connectivity index (χ1v) is 6.30. The minimum Gasteiger partial charge on any atom is -0.496 e. The molecule has 0 aliphatic carbocycles. The fourth-order valence-corrected chi connectivity index (χ4v) is 2.02.